The number of hydrogen-bond donors (Lipinski definition) is 1. The highest BCUT2D eigenvalue weighted by Gasteiger charge is 2.11. The molecule has 0 spiro atoms. The third kappa shape index (κ3) is 5.08. The summed E-state index contributed by atoms with van der Waals surface area (Å²) in [6, 6.07) is 7.66. The summed E-state index contributed by atoms with van der Waals surface area (Å²) in [5, 5.41) is 2.82. The Morgan fingerprint density at radius 1 is 1.33 bits per heavy atom. The summed E-state index contributed by atoms with van der Waals surface area (Å²) in [4.78, 5) is 12.9. The van der Waals surface area contributed by atoms with Crippen LogP contribution in [0.2, 0.25) is 0 Å². The Labute approximate surface area is 109 Å². The molecule has 1 aromatic carbocycles. The summed E-state index contributed by atoms with van der Waals surface area (Å²) in [5.41, 5.74) is 0.804. The summed E-state index contributed by atoms with van der Waals surface area (Å²) in [7, 11) is 3.43. The van der Waals surface area contributed by atoms with Gasteiger partial charge in [0.05, 0.1) is 0 Å². The molecule has 0 aliphatic rings. The number of rotatable bonds is 3. The smallest absolute Gasteiger partial charge is 0.317 e. The van der Waals surface area contributed by atoms with Crippen molar-refractivity contribution in [2.45, 2.75) is 32.9 Å². The van der Waals surface area contributed by atoms with E-state index in [1.54, 1.807) is 14.1 Å². The highest BCUT2D eigenvalue weighted by atomic mass is 16.5. The molecule has 0 aliphatic carbocycles. The van der Waals surface area contributed by atoms with E-state index in [4.69, 9.17) is 4.74 Å². The van der Waals surface area contributed by atoms with Crippen molar-refractivity contribution in [1.29, 1.82) is 0 Å². The Morgan fingerprint density at radius 2 is 2.00 bits per heavy atom. The molecule has 0 heterocycles. The SMILES string of the molecule is CN(C)C(=O)NCc1cccc(OC(C)(C)C)c1. The van der Waals surface area contributed by atoms with Crippen LogP contribution in [0.4, 0.5) is 4.79 Å². The summed E-state index contributed by atoms with van der Waals surface area (Å²) in [5.74, 6) is 0.819. The Morgan fingerprint density at radius 3 is 2.56 bits per heavy atom. The van der Waals surface area contributed by atoms with Crippen molar-refractivity contribution < 1.29 is 9.53 Å². The zero-order chi connectivity index (χ0) is 13.8. The lowest BCUT2D eigenvalue weighted by Crippen LogP contribution is -2.33. The summed E-state index contributed by atoms with van der Waals surface area (Å²) in [6.07, 6.45) is 0. The number of urea groups is 1. The molecule has 2 amide bonds. The maximum absolute atomic E-state index is 11.4. The van der Waals surface area contributed by atoms with E-state index in [9.17, 15) is 4.79 Å². The molecule has 0 radical (unpaired) electrons. The van der Waals surface area contributed by atoms with Crippen LogP contribution in [-0.2, 0) is 6.54 Å². The van der Waals surface area contributed by atoms with Crippen LogP contribution in [0.25, 0.3) is 0 Å². The van der Waals surface area contributed by atoms with E-state index >= 15 is 0 Å². The molecule has 0 fully saturated rings. The van der Waals surface area contributed by atoms with Gasteiger partial charge in [-0.05, 0) is 38.5 Å². The standard InChI is InChI=1S/C14H22N2O2/c1-14(2,3)18-12-8-6-7-11(9-12)10-15-13(17)16(4)5/h6-9H,10H2,1-5H3,(H,15,17). The van der Waals surface area contributed by atoms with Crippen LogP contribution < -0.4 is 10.1 Å². The van der Waals surface area contributed by atoms with Crippen molar-refractivity contribution in [2.24, 2.45) is 0 Å². The van der Waals surface area contributed by atoms with Gasteiger partial charge in [-0.1, -0.05) is 12.1 Å². The van der Waals surface area contributed by atoms with Crippen molar-refractivity contribution in [3.8, 4) is 5.75 Å². The molecule has 100 valence electrons. The molecule has 0 bridgehead atoms. The van der Waals surface area contributed by atoms with Gasteiger partial charge < -0.3 is 15.0 Å². The predicted octanol–water partition coefficient (Wildman–Crippen LogP) is 2.64. The molecule has 18 heavy (non-hydrogen) atoms. The lowest BCUT2D eigenvalue weighted by atomic mass is 10.1. The average Bonchev–Trinajstić information content (AvgIpc) is 2.23. The first-order valence-corrected chi connectivity index (χ1v) is 6.01. The average molecular weight is 250 g/mol. The fraction of sp³-hybridized carbons (Fsp3) is 0.500. The van der Waals surface area contributed by atoms with Crippen LogP contribution in [0.1, 0.15) is 26.3 Å². The molecule has 0 atom stereocenters. The number of carbonyl (C=O) groups excluding carboxylic acids is 1. The van der Waals surface area contributed by atoms with Crippen LogP contribution in [0, 0.1) is 0 Å². The fourth-order valence-corrected chi connectivity index (χ4v) is 1.41. The molecular weight excluding hydrogens is 228 g/mol. The Kier molecular flexibility index (Phi) is 4.59. The number of hydrogen-bond acceptors (Lipinski definition) is 2. The molecule has 0 saturated carbocycles. The molecule has 0 unspecified atom stereocenters. The largest absolute Gasteiger partial charge is 0.488 e. The molecule has 0 saturated heterocycles. The normalized spacial score (nSPS) is 10.9. The van der Waals surface area contributed by atoms with E-state index in [2.05, 4.69) is 5.32 Å². The number of nitrogens with one attached hydrogen (secondary N) is 1. The van der Waals surface area contributed by atoms with E-state index in [1.807, 2.05) is 45.0 Å². The molecule has 4 heteroatoms. The van der Waals surface area contributed by atoms with Gasteiger partial charge in [-0.2, -0.15) is 0 Å². The minimum absolute atomic E-state index is 0.0999. The molecule has 0 aromatic heterocycles. The van der Waals surface area contributed by atoms with Gasteiger partial charge in [0, 0.05) is 20.6 Å². The zero-order valence-corrected chi connectivity index (χ0v) is 11.8. The predicted molar refractivity (Wildman–Crippen MR) is 72.7 cm³/mol. The first-order chi connectivity index (χ1) is 8.28. The monoisotopic (exact) mass is 250 g/mol. The fourth-order valence-electron chi connectivity index (χ4n) is 1.41. The molecule has 1 aromatic rings. The maximum atomic E-state index is 11.4. The van der Waals surface area contributed by atoms with Gasteiger partial charge in [-0.25, -0.2) is 4.79 Å². The van der Waals surface area contributed by atoms with E-state index in [-0.39, 0.29) is 11.6 Å². The van der Waals surface area contributed by atoms with Crippen molar-refractivity contribution in [3.63, 3.8) is 0 Å². The van der Waals surface area contributed by atoms with Gasteiger partial charge in [-0.15, -0.1) is 0 Å². The lowest BCUT2D eigenvalue weighted by molar-refractivity contribution is 0.131. The highest BCUT2D eigenvalue weighted by Crippen LogP contribution is 2.19. The summed E-state index contributed by atoms with van der Waals surface area (Å²) < 4.78 is 5.77. The molecule has 0 aliphatic heterocycles. The zero-order valence-electron chi connectivity index (χ0n) is 11.8. The first kappa shape index (κ1) is 14.4. The van der Waals surface area contributed by atoms with Gasteiger partial charge in [0.1, 0.15) is 11.4 Å². The summed E-state index contributed by atoms with van der Waals surface area (Å²) in [6.45, 7) is 6.52. The Hall–Kier alpha value is -1.71. The Balaban J connectivity index is 2.63. The van der Waals surface area contributed by atoms with Crippen LogP contribution >= 0.6 is 0 Å². The second kappa shape index (κ2) is 5.76. The van der Waals surface area contributed by atoms with E-state index < -0.39 is 0 Å². The van der Waals surface area contributed by atoms with Crippen LogP contribution in [0.5, 0.6) is 5.75 Å². The van der Waals surface area contributed by atoms with Crippen molar-refractivity contribution in [1.82, 2.24) is 10.2 Å². The van der Waals surface area contributed by atoms with Crippen molar-refractivity contribution in [3.05, 3.63) is 29.8 Å². The van der Waals surface area contributed by atoms with Gasteiger partial charge in [0.2, 0.25) is 0 Å². The van der Waals surface area contributed by atoms with Gasteiger partial charge in [0.25, 0.3) is 0 Å². The van der Waals surface area contributed by atoms with Crippen molar-refractivity contribution in [2.75, 3.05) is 14.1 Å². The molecular formula is C14H22N2O2. The lowest BCUT2D eigenvalue weighted by Gasteiger charge is -2.21. The van der Waals surface area contributed by atoms with Crippen LogP contribution in [0.15, 0.2) is 24.3 Å². The quantitative estimate of drug-likeness (QED) is 0.896. The van der Waals surface area contributed by atoms with Crippen LogP contribution in [-0.4, -0.2) is 30.6 Å². The van der Waals surface area contributed by atoms with Crippen LogP contribution in [0.3, 0.4) is 0 Å². The molecule has 4 nitrogen and oxygen atoms in total. The summed E-state index contributed by atoms with van der Waals surface area (Å²) >= 11 is 0. The number of nitrogens with zero attached hydrogens (tertiary/aromatic N) is 1. The Bertz CT molecular complexity index is 409. The second-order valence-electron chi connectivity index (χ2n) is 5.41. The number of benzene rings is 1. The van der Waals surface area contributed by atoms with E-state index in [0.29, 0.717) is 6.54 Å². The van der Waals surface area contributed by atoms with Crippen molar-refractivity contribution >= 4 is 6.03 Å². The van der Waals surface area contributed by atoms with Gasteiger partial charge in [0.15, 0.2) is 0 Å². The topological polar surface area (TPSA) is 41.6 Å². The first-order valence-electron chi connectivity index (χ1n) is 6.01. The minimum atomic E-state index is -0.217. The highest BCUT2D eigenvalue weighted by molar-refractivity contribution is 5.73. The molecule has 1 N–H and O–H groups in total. The van der Waals surface area contributed by atoms with Gasteiger partial charge in [-0.3, -0.25) is 0 Å². The third-order valence-electron chi connectivity index (χ3n) is 2.17. The van der Waals surface area contributed by atoms with E-state index in [0.717, 1.165) is 11.3 Å². The second-order valence-corrected chi connectivity index (χ2v) is 5.41. The number of ether oxygens (including phenoxy) is 1. The number of amides is 2. The molecule has 1 rings (SSSR count). The minimum Gasteiger partial charge on any atom is -0.488 e. The van der Waals surface area contributed by atoms with Gasteiger partial charge >= 0.3 is 6.03 Å². The maximum Gasteiger partial charge on any atom is 0.317 e. The third-order valence-corrected chi connectivity index (χ3v) is 2.17. The van der Waals surface area contributed by atoms with E-state index in [1.165, 1.54) is 4.90 Å². The number of carbonyl (C=O) groups is 1.